The number of likely N-dealkylation sites (tertiary alicyclic amines) is 1. The number of hydrogen-bond acceptors (Lipinski definition) is 11. The minimum Gasteiger partial charge on any atom is -0.497 e. The van der Waals surface area contributed by atoms with Crippen molar-refractivity contribution in [2.24, 2.45) is 11.3 Å². The number of benzene rings is 1. The lowest BCUT2D eigenvalue weighted by molar-refractivity contribution is -0.138. The molecule has 2 aliphatic carbocycles. The van der Waals surface area contributed by atoms with E-state index in [0.717, 1.165) is 41.8 Å². The number of rotatable bonds is 16. The van der Waals surface area contributed by atoms with Gasteiger partial charge in [0, 0.05) is 59.9 Å². The van der Waals surface area contributed by atoms with Gasteiger partial charge in [0.25, 0.3) is 0 Å². The Morgan fingerprint density at radius 1 is 1.12 bits per heavy atom. The largest absolute Gasteiger partial charge is 0.497 e. The molecule has 1 aromatic carbocycles. The molecule has 14 nitrogen and oxygen atoms in total. The third-order valence-corrected chi connectivity index (χ3v) is 14.8. The third-order valence-electron chi connectivity index (χ3n) is 11.5. The number of allylic oxidation sites excluding steroid dienone is 2. The molecule has 0 bridgehead atoms. The topological polar surface area (TPSA) is 181 Å². The Morgan fingerprint density at radius 3 is 2.48 bits per heavy atom. The van der Waals surface area contributed by atoms with E-state index in [1.807, 2.05) is 78.1 Å². The van der Waals surface area contributed by atoms with Gasteiger partial charge in [0.1, 0.15) is 40.7 Å². The van der Waals surface area contributed by atoms with Crippen LogP contribution in [-0.2, 0) is 18.9 Å². The fourth-order valence-corrected chi connectivity index (χ4v) is 11.3. The summed E-state index contributed by atoms with van der Waals surface area (Å²) >= 11 is 1.48. The summed E-state index contributed by atoms with van der Waals surface area (Å²) in [4.78, 5) is 64.7. The number of nitrogens with zero attached hydrogens (tertiary/aromatic N) is 3. The summed E-state index contributed by atoms with van der Waals surface area (Å²) in [5.41, 5.74) is 2.05. The number of carbonyl (C=O) groups is 3. The second kappa shape index (κ2) is 18.3. The zero-order valence-electron chi connectivity index (χ0n) is 36.1. The second-order valence-corrected chi connectivity index (χ2v) is 21.4. The van der Waals surface area contributed by atoms with E-state index in [1.165, 1.54) is 11.3 Å². The van der Waals surface area contributed by atoms with Gasteiger partial charge >= 0.3 is 6.09 Å². The Morgan fingerprint density at radius 2 is 1.85 bits per heavy atom. The van der Waals surface area contributed by atoms with Gasteiger partial charge in [-0.3, -0.25) is 14.2 Å². The van der Waals surface area contributed by atoms with Crippen molar-refractivity contribution in [2.45, 2.75) is 129 Å². The lowest BCUT2D eigenvalue weighted by Crippen LogP contribution is -2.56. The van der Waals surface area contributed by atoms with Gasteiger partial charge in [-0.1, -0.05) is 38.5 Å². The highest BCUT2D eigenvalue weighted by molar-refractivity contribution is 7.60. The summed E-state index contributed by atoms with van der Waals surface area (Å²) in [5, 5.41) is 11.2. The van der Waals surface area contributed by atoms with Gasteiger partial charge in [0.15, 0.2) is 5.13 Å². The molecule has 0 radical (unpaired) electrons. The van der Waals surface area contributed by atoms with Crippen LogP contribution in [0.15, 0.2) is 53.9 Å². The summed E-state index contributed by atoms with van der Waals surface area (Å²) in [6, 6.07) is 5.90. The van der Waals surface area contributed by atoms with Gasteiger partial charge in [-0.2, -0.15) is 0 Å². The number of ether oxygens (including phenoxy) is 3. The molecule has 6 rings (SSSR count). The molecular formula is C44H61N6O8PS. The van der Waals surface area contributed by atoms with Crippen molar-refractivity contribution in [3.8, 4) is 22.9 Å². The van der Waals surface area contributed by atoms with Gasteiger partial charge in [-0.25, -0.2) is 14.8 Å². The van der Waals surface area contributed by atoms with E-state index in [2.05, 4.69) is 22.5 Å². The second-order valence-electron chi connectivity index (χ2n) is 18.0. The molecule has 4 N–H and O–H groups in total. The summed E-state index contributed by atoms with van der Waals surface area (Å²) in [7, 11) is -2.31. The van der Waals surface area contributed by atoms with Crippen LogP contribution in [0.25, 0.3) is 22.3 Å². The highest BCUT2D eigenvalue weighted by atomic mass is 32.1. The van der Waals surface area contributed by atoms with E-state index in [4.69, 9.17) is 24.2 Å². The summed E-state index contributed by atoms with van der Waals surface area (Å²) < 4.78 is 31.9. The SMILES string of the molecule is C=C[C@@H]1C[C@]1(NC(=O)CC1C[C@@H](Oc2cc(-c3csc(NC(C)C)n3)nc3cc(OC)ccc23)CN1C(=O)[C@@H](NC(=O)OC1CCCC1)C(C)(C)C)P(=O)(O)CC=C(C)C. The Bertz CT molecular complexity index is 2160. The normalized spacial score (nSPS) is 23.1. The van der Waals surface area contributed by atoms with Crippen molar-refractivity contribution >= 4 is 52.6 Å². The Kier molecular flexibility index (Phi) is 13.7. The predicted molar refractivity (Wildman–Crippen MR) is 236 cm³/mol. The van der Waals surface area contributed by atoms with E-state index in [0.29, 0.717) is 34.8 Å². The van der Waals surface area contributed by atoms with Crippen LogP contribution in [0, 0.1) is 11.3 Å². The van der Waals surface area contributed by atoms with Gasteiger partial charge in [-0.05, 0) is 77.3 Å². The van der Waals surface area contributed by atoms with Crippen LogP contribution >= 0.6 is 18.7 Å². The maximum absolute atomic E-state index is 14.8. The number of alkyl carbamates (subject to hydrolysis) is 1. The van der Waals surface area contributed by atoms with Crippen molar-refractivity contribution in [3.05, 3.63) is 53.9 Å². The number of methoxy groups -OCH3 is 1. The minimum absolute atomic E-state index is 0.0794. The molecular weight excluding hydrogens is 804 g/mol. The number of fused-ring (bicyclic) bond motifs is 1. The zero-order valence-corrected chi connectivity index (χ0v) is 37.8. The molecule has 3 heterocycles. The first-order chi connectivity index (χ1) is 28.3. The van der Waals surface area contributed by atoms with Crippen LogP contribution in [-0.4, -0.2) is 93.1 Å². The number of anilines is 1. The van der Waals surface area contributed by atoms with Gasteiger partial charge in [0.05, 0.1) is 24.9 Å². The first-order valence-corrected chi connectivity index (χ1v) is 23.6. The van der Waals surface area contributed by atoms with Crippen molar-refractivity contribution in [1.29, 1.82) is 0 Å². The number of thiazole rings is 1. The number of pyridine rings is 1. The highest BCUT2D eigenvalue weighted by Crippen LogP contribution is 2.69. The molecule has 16 heteroatoms. The van der Waals surface area contributed by atoms with E-state index in [-0.39, 0.29) is 49.5 Å². The Hall–Kier alpha value is -4.46. The van der Waals surface area contributed by atoms with Crippen molar-refractivity contribution in [3.63, 3.8) is 0 Å². The number of carbonyl (C=O) groups excluding carboxylic acids is 3. The molecule has 2 unspecified atom stereocenters. The summed E-state index contributed by atoms with van der Waals surface area (Å²) in [6.07, 6.45) is 5.74. The number of nitrogens with one attached hydrogen (secondary N) is 3. The lowest BCUT2D eigenvalue weighted by Gasteiger charge is -2.35. The minimum atomic E-state index is -3.90. The van der Waals surface area contributed by atoms with Crippen molar-refractivity contribution < 1.29 is 38.1 Å². The molecule has 2 saturated carbocycles. The van der Waals surface area contributed by atoms with E-state index >= 15 is 0 Å². The number of amides is 3. The van der Waals surface area contributed by atoms with Crippen LogP contribution < -0.4 is 25.4 Å². The molecule has 1 saturated heterocycles. The molecule has 1 aliphatic heterocycles. The highest BCUT2D eigenvalue weighted by Gasteiger charge is 2.64. The van der Waals surface area contributed by atoms with Crippen LogP contribution in [0.1, 0.15) is 93.4 Å². The quantitative estimate of drug-likeness (QED) is 0.0804. The molecule has 6 atom stereocenters. The van der Waals surface area contributed by atoms with Crippen molar-refractivity contribution in [2.75, 3.05) is 25.1 Å². The van der Waals surface area contributed by atoms with Crippen LogP contribution in [0.3, 0.4) is 0 Å². The average molecular weight is 865 g/mol. The fraction of sp³-hybridized carbons (Fsp3) is 0.568. The van der Waals surface area contributed by atoms with Crippen LogP contribution in [0.5, 0.6) is 11.5 Å². The maximum atomic E-state index is 14.8. The summed E-state index contributed by atoms with van der Waals surface area (Å²) in [6.45, 7) is 17.4. The standard InChI is InChI=1S/C44H61N6O8PS/c1-10-28-23-44(28,59(54,55)18-17-26(2)3)49-38(51)20-29-19-32(24-50(29)40(52)39(43(6,7)8)48-42(53)58-30-13-11-12-14-30)57-37-22-35(36-25-60-41(47-36)45-27(4)5)46-34-21-31(56-9)15-16-33(34)37/h10,15-17,21-22,25,27-30,32,39H,1,11-14,18-20,23-24H2,2-9H3,(H,45,47)(H,48,53)(H,49,51)(H,54,55)/t28-,29?,32-,39-,44+/m1/s1. The van der Waals surface area contributed by atoms with E-state index in [1.54, 1.807) is 24.2 Å². The first kappa shape index (κ1) is 45.1. The van der Waals surface area contributed by atoms with Crippen LogP contribution in [0.2, 0.25) is 0 Å². The summed E-state index contributed by atoms with van der Waals surface area (Å²) in [5.74, 6) is -0.0798. The first-order valence-electron chi connectivity index (χ1n) is 20.9. The molecule has 60 heavy (non-hydrogen) atoms. The number of hydrogen-bond donors (Lipinski definition) is 4. The molecule has 326 valence electrons. The van der Waals surface area contributed by atoms with Crippen LogP contribution in [0.4, 0.5) is 9.93 Å². The predicted octanol–water partition coefficient (Wildman–Crippen LogP) is 8.26. The molecule has 3 aliphatic rings. The van der Waals surface area contributed by atoms with E-state index in [9.17, 15) is 23.8 Å². The molecule has 3 amide bonds. The third kappa shape index (κ3) is 10.3. The lowest BCUT2D eigenvalue weighted by atomic mass is 9.85. The molecule has 3 aromatic rings. The Balaban J connectivity index is 1.31. The smallest absolute Gasteiger partial charge is 0.408 e. The van der Waals surface area contributed by atoms with Crippen molar-refractivity contribution in [1.82, 2.24) is 25.5 Å². The number of aromatic nitrogens is 2. The monoisotopic (exact) mass is 864 g/mol. The maximum Gasteiger partial charge on any atom is 0.408 e. The van der Waals surface area contributed by atoms with Gasteiger partial charge in [0.2, 0.25) is 19.2 Å². The molecule has 3 fully saturated rings. The molecule has 0 spiro atoms. The average Bonchev–Trinajstić information content (AvgIpc) is 3.55. The van der Waals surface area contributed by atoms with Gasteiger partial charge in [-0.15, -0.1) is 17.9 Å². The van der Waals surface area contributed by atoms with Gasteiger partial charge < -0.3 is 40.0 Å². The Labute approximate surface area is 357 Å². The fourth-order valence-electron chi connectivity index (χ4n) is 8.13. The molecule has 2 aromatic heterocycles. The van der Waals surface area contributed by atoms with E-state index < -0.39 is 48.3 Å². The zero-order chi connectivity index (χ0) is 43.6.